The molecule has 0 atom stereocenters. The van der Waals surface area contributed by atoms with Crippen molar-refractivity contribution >= 4 is 11.8 Å². The maximum atomic E-state index is 12.3. The number of carbonyl (C=O) groups excluding carboxylic acids is 2. The van der Waals surface area contributed by atoms with Crippen molar-refractivity contribution in [1.29, 1.82) is 0 Å². The van der Waals surface area contributed by atoms with Gasteiger partial charge in [-0.25, -0.2) is 4.79 Å². The number of benzene rings is 2. The van der Waals surface area contributed by atoms with Crippen molar-refractivity contribution in [1.82, 2.24) is 0 Å². The summed E-state index contributed by atoms with van der Waals surface area (Å²) in [6.07, 6.45) is 0. The van der Waals surface area contributed by atoms with Crippen LogP contribution in [0.5, 0.6) is 17.2 Å². The van der Waals surface area contributed by atoms with Crippen LogP contribution in [0.25, 0.3) is 0 Å². The van der Waals surface area contributed by atoms with Gasteiger partial charge in [0.2, 0.25) is 0 Å². The number of methoxy groups -OCH3 is 2. The summed E-state index contributed by atoms with van der Waals surface area (Å²) in [5, 5.41) is 0. The van der Waals surface area contributed by atoms with Crippen molar-refractivity contribution in [2.24, 2.45) is 0 Å². The Bertz CT molecular complexity index is 706. The van der Waals surface area contributed by atoms with E-state index >= 15 is 0 Å². The summed E-state index contributed by atoms with van der Waals surface area (Å²) in [6.45, 7) is 1.45. The summed E-state index contributed by atoms with van der Waals surface area (Å²) < 4.78 is 15.6. The Balaban J connectivity index is 2.30. The number of ketones is 1. The highest BCUT2D eigenvalue weighted by molar-refractivity contribution is 5.96. The monoisotopic (exact) mass is 300 g/mol. The summed E-state index contributed by atoms with van der Waals surface area (Å²) in [5.74, 6) is 0.318. The molecule has 0 aliphatic rings. The van der Waals surface area contributed by atoms with Crippen molar-refractivity contribution in [3.63, 3.8) is 0 Å². The molecular weight excluding hydrogens is 284 g/mol. The molecule has 5 nitrogen and oxygen atoms in total. The fourth-order valence-electron chi connectivity index (χ4n) is 1.94. The van der Waals surface area contributed by atoms with Gasteiger partial charge < -0.3 is 14.2 Å². The summed E-state index contributed by atoms with van der Waals surface area (Å²) in [4.78, 5) is 23.6. The third kappa shape index (κ3) is 3.25. The number of hydrogen-bond acceptors (Lipinski definition) is 5. The van der Waals surface area contributed by atoms with Gasteiger partial charge in [-0.1, -0.05) is 12.1 Å². The predicted molar refractivity (Wildman–Crippen MR) is 81.0 cm³/mol. The smallest absolute Gasteiger partial charge is 0.347 e. The molecule has 0 N–H and O–H groups in total. The molecule has 0 spiro atoms. The molecule has 0 heterocycles. The van der Waals surface area contributed by atoms with Crippen LogP contribution in [-0.2, 0) is 0 Å². The lowest BCUT2D eigenvalue weighted by Gasteiger charge is -2.11. The van der Waals surface area contributed by atoms with Crippen LogP contribution in [0.15, 0.2) is 42.5 Å². The quantitative estimate of drug-likeness (QED) is 0.482. The van der Waals surface area contributed by atoms with Gasteiger partial charge in [0.1, 0.15) is 11.3 Å². The zero-order valence-electron chi connectivity index (χ0n) is 12.6. The summed E-state index contributed by atoms with van der Waals surface area (Å²) >= 11 is 0. The van der Waals surface area contributed by atoms with E-state index in [1.807, 2.05) is 0 Å². The molecule has 22 heavy (non-hydrogen) atoms. The Kier molecular flexibility index (Phi) is 4.78. The number of hydrogen-bond donors (Lipinski definition) is 0. The van der Waals surface area contributed by atoms with Crippen LogP contribution in [0.3, 0.4) is 0 Å². The normalized spacial score (nSPS) is 9.95. The summed E-state index contributed by atoms with van der Waals surface area (Å²) in [7, 11) is 2.92. The fourth-order valence-corrected chi connectivity index (χ4v) is 1.94. The van der Waals surface area contributed by atoms with Gasteiger partial charge in [-0.15, -0.1) is 0 Å². The lowest BCUT2D eigenvalue weighted by atomic mass is 10.1. The Morgan fingerprint density at radius 2 is 1.55 bits per heavy atom. The number of ether oxygens (including phenoxy) is 3. The average Bonchev–Trinajstić information content (AvgIpc) is 2.54. The molecule has 0 aliphatic heterocycles. The van der Waals surface area contributed by atoms with E-state index in [1.165, 1.54) is 33.3 Å². The molecule has 2 rings (SSSR count). The van der Waals surface area contributed by atoms with Gasteiger partial charge in [-0.2, -0.15) is 0 Å². The molecule has 0 radical (unpaired) electrons. The van der Waals surface area contributed by atoms with E-state index in [1.54, 1.807) is 30.3 Å². The van der Waals surface area contributed by atoms with Gasteiger partial charge in [0.05, 0.1) is 14.2 Å². The second-order valence-electron chi connectivity index (χ2n) is 4.51. The first-order valence-corrected chi connectivity index (χ1v) is 6.61. The minimum Gasteiger partial charge on any atom is -0.496 e. The van der Waals surface area contributed by atoms with Gasteiger partial charge in [-0.3, -0.25) is 4.79 Å². The number of Topliss-reactive ketones (excluding diaryl/α,β-unsaturated/α-hetero) is 1. The topological polar surface area (TPSA) is 61.8 Å². The molecule has 0 saturated carbocycles. The van der Waals surface area contributed by atoms with E-state index in [9.17, 15) is 9.59 Å². The maximum absolute atomic E-state index is 12.3. The van der Waals surface area contributed by atoms with E-state index < -0.39 is 5.97 Å². The van der Waals surface area contributed by atoms with E-state index in [4.69, 9.17) is 14.2 Å². The van der Waals surface area contributed by atoms with Crippen LogP contribution in [0.1, 0.15) is 27.6 Å². The molecule has 0 saturated heterocycles. The van der Waals surface area contributed by atoms with Gasteiger partial charge in [-0.05, 0) is 37.3 Å². The Morgan fingerprint density at radius 3 is 2.18 bits per heavy atom. The lowest BCUT2D eigenvalue weighted by Crippen LogP contribution is -2.11. The largest absolute Gasteiger partial charge is 0.496 e. The van der Waals surface area contributed by atoms with Crippen molar-refractivity contribution in [2.45, 2.75) is 6.92 Å². The Morgan fingerprint density at radius 1 is 0.864 bits per heavy atom. The SMILES string of the molecule is COc1cc(C(C)=O)ccc1OC(=O)c1ccccc1OC. The first kappa shape index (κ1) is 15.6. The van der Waals surface area contributed by atoms with Gasteiger partial charge in [0.15, 0.2) is 17.3 Å². The molecule has 0 fully saturated rings. The first-order valence-electron chi connectivity index (χ1n) is 6.61. The van der Waals surface area contributed by atoms with Crippen LogP contribution in [0.2, 0.25) is 0 Å². The molecule has 2 aromatic carbocycles. The minimum absolute atomic E-state index is 0.0964. The standard InChI is InChI=1S/C17H16O5/c1-11(18)12-8-9-15(16(10-12)21-3)22-17(19)13-6-4-5-7-14(13)20-2/h4-10H,1-3H3. The van der Waals surface area contributed by atoms with E-state index in [0.717, 1.165) is 0 Å². The molecule has 5 heteroatoms. The fraction of sp³-hybridized carbons (Fsp3) is 0.176. The third-order valence-corrected chi connectivity index (χ3v) is 3.10. The highest BCUT2D eigenvalue weighted by atomic mass is 16.6. The lowest BCUT2D eigenvalue weighted by molar-refractivity contribution is 0.0726. The van der Waals surface area contributed by atoms with Gasteiger partial charge in [0, 0.05) is 5.56 Å². The minimum atomic E-state index is -0.564. The molecule has 2 aromatic rings. The molecule has 114 valence electrons. The highest BCUT2D eigenvalue weighted by Crippen LogP contribution is 2.30. The molecule has 0 aliphatic carbocycles. The van der Waals surface area contributed by atoms with Crippen molar-refractivity contribution in [3.8, 4) is 17.2 Å². The third-order valence-electron chi connectivity index (χ3n) is 3.10. The predicted octanol–water partition coefficient (Wildman–Crippen LogP) is 3.13. The number of para-hydroxylation sites is 1. The van der Waals surface area contributed by atoms with Crippen LogP contribution >= 0.6 is 0 Å². The zero-order valence-corrected chi connectivity index (χ0v) is 12.6. The summed E-state index contributed by atoms with van der Waals surface area (Å²) in [6, 6.07) is 11.4. The Labute approximate surface area is 128 Å². The number of carbonyl (C=O) groups is 2. The molecule has 0 aromatic heterocycles. The van der Waals surface area contributed by atoms with Crippen LogP contribution in [0.4, 0.5) is 0 Å². The average molecular weight is 300 g/mol. The summed E-state index contributed by atoms with van der Waals surface area (Å²) in [5.41, 5.74) is 0.789. The molecular formula is C17H16O5. The van der Waals surface area contributed by atoms with Gasteiger partial charge >= 0.3 is 5.97 Å². The first-order chi connectivity index (χ1) is 10.6. The van der Waals surface area contributed by atoms with E-state index in [-0.39, 0.29) is 11.5 Å². The second kappa shape index (κ2) is 6.76. The maximum Gasteiger partial charge on any atom is 0.347 e. The Hall–Kier alpha value is -2.82. The number of esters is 1. The van der Waals surface area contributed by atoms with E-state index in [2.05, 4.69) is 0 Å². The number of rotatable bonds is 5. The van der Waals surface area contributed by atoms with Gasteiger partial charge in [0.25, 0.3) is 0 Å². The molecule has 0 unspecified atom stereocenters. The zero-order chi connectivity index (χ0) is 16.1. The van der Waals surface area contributed by atoms with Crippen molar-refractivity contribution in [3.05, 3.63) is 53.6 Å². The van der Waals surface area contributed by atoms with E-state index in [0.29, 0.717) is 22.6 Å². The molecule has 0 amide bonds. The van der Waals surface area contributed by atoms with Crippen LogP contribution < -0.4 is 14.2 Å². The van der Waals surface area contributed by atoms with Crippen LogP contribution in [0, 0.1) is 0 Å². The second-order valence-corrected chi connectivity index (χ2v) is 4.51. The van der Waals surface area contributed by atoms with Crippen LogP contribution in [-0.4, -0.2) is 26.0 Å². The highest BCUT2D eigenvalue weighted by Gasteiger charge is 2.17. The molecule has 0 bridgehead atoms. The van der Waals surface area contributed by atoms with Crippen molar-refractivity contribution in [2.75, 3.05) is 14.2 Å². The van der Waals surface area contributed by atoms with Crippen molar-refractivity contribution < 1.29 is 23.8 Å².